The number of carbonyl (C=O) groups excluding carboxylic acids is 1. The molecule has 0 saturated carbocycles. The zero-order chi connectivity index (χ0) is 20.1. The van der Waals surface area contributed by atoms with Crippen LogP contribution in [-0.4, -0.2) is 30.2 Å². The molecule has 0 unspecified atom stereocenters. The van der Waals surface area contributed by atoms with E-state index in [9.17, 15) is 4.79 Å². The summed E-state index contributed by atoms with van der Waals surface area (Å²) in [5.74, 6) is 2.41. The van der Waals surface area contributed by atoms with Crippen molar-refractivity contribution in [1.29, 1.82) is 0 Å². The average molecular weight is 406 g/mol. The third-order valence-electron chi connectivity index (χ3n) is 4.89. The van der Waals surface area contributed by atoms with E-state index in [2.05, 4.69) is 6.07 Å². The van der Waals surface area contributed by atoms with Crippen molar-refractivity contribution >= 4 is 17.7 Å². The van der Waals surface area contributed by atoms with Crippen LogP contribution in [0.5, 0.6) is 11.5 Å². The van der Waals surface area contributed by atoms with Crippen LogP contribution in [0.1, 0.15) is 26.9 Å². The summed E-state index contributed by atoms with van der Waals surface area (Å²) in [6.45, 7) is 1.21. The molecule has 0 aromatic heterocycles. The highest BCUT2D eigenvalue weighted by molar-refractivity contribution is 7.99. The molecule has 3 aromatic rings. The van der Waals surface area contributed by atoms with Gasteiger partial charge in [-0.3, -0.25) is 4.79 Å². The Morgan fingerprint density at radius 3 is 2.66 bits per heavy atom. The zero-order valence-electron chi connectivity index (χ0n) is 16.3. The van der Waals surface area contributed by atoms with Crippen molar-refractivity contribution in [3.8, 4) is 11.5 Å². The fourth-order valence-electron chi connectivity index (χ4n) is 3.41. The number of para-hydroxylation sites is 1. The molecule has 4 nitrogen and oxygen atoms in total. The molecule has 1 atom stereocenters. The summed E-state index contributed by atoms with van der Waals surface area (Å²) in [4.78, 5) is 15.1. The molecule has 1 fully saturated rings. The Kier molecular flexibility index (Phi) is 6.06. The molecule has 0 spiro atoms. The van der Waals surface area contributed by atoms with Crippen LogP contribution in [0.25, 0.3) is 0 Å². The Balaban J connectivity index is 1.56. The largest absolute Gasteiger partial charge is 0.497 e. The lowest BCUT2D eigenvalue weighted by molar-refractivity contribution is 0.0758. The summed E-state index contributed by atoms with van der Waals surface area (Å²) in [6.07, 6.45) is 0. The van der Waals surface area contributed by atoms with Gasteiger partial charge in [0.05, 0.1) is 7.11 Å². The van der Waals surface area contributed by atoms with Crippen LogP contribution < -0.4 is 9.47 Å². The molecule has 0 aliphatic carbocycles. The maximum absolute atomic E-state index is 13.2. The first-order valence-corrected chi connectivity index (χ1v) is 10.6. The Morgan fingerprint density at radius 1 is 1.03 bits per heavy atom. The van der Waals surface area contributed by atoms with Crippen molar-refractivity contribution in [3.05, 3.63) is 95.6 Å². The molecule has 1 heterocycles. The SMILES string of the molecule is COc1cccc(C(=O)N2CCS[C@@H]2c2ccccc2OCc2ccccc2)c1. The van der Waals surface area contributed by atoms with Gasteiger partial charge in [0.2, 0.25) is 0 Å². The molecule has 1 aliphatic heterocycles. The molecule has 0 radical (unpaired) electrons. The first-order chi connectivity index (χ1) is 14.3. The molecule has 0 bridgehead atoms. The number of carbonyl (C=O) groups is 1. The maximum atomic E-state index is 13.2. The number of hydrogen-bond donors (Lipinski definition) is 0. The minimum absolute atomic E-state index is 0.0109. The third-order valence-corrected chi connectivity index (χ3v) is 6.13. The molecular formula is C24H23NO3S. The van der Waals surface area contributed by atoms with Gasteiger partial charge in [-0.25, -0.2) is 0 Å². The average Bonchev–Trinajstić information content (AvgIpc) is 3.28. The van der Waals surface area contributed by atoms with Gasteiger partial charge in [-0.2, -0.15) is 0 Å². The summed E-state index contributed by atoms with van der Waals surface area (Å²) in [6, 6.07) is 25.4. The third kappa shape index (κ3) is 4.40. The fourth-order valence-corrected chi connectivity index (χ4v) is 4.69. The maximum Gasteiger partial charge on any atom is 0.255 e. The van der Waals surface area contributed by atoms with Crippen molar-refractivity contribution in [1.82, 2.24) is 4.90 Å². The van der Waals surface area contributed by atoms with E-state index in [1.54, 1.807) is 24.9 Å². The number of rotatable bonds is 6. The molecule has 1 amide bonds. The smallest absolute Gasteiger partial charge is 0.255 e. The van der Waals surface area contributed by atoms with Crippen LogP contribution in [0.3, 0.4) is 0 Å². The number of benzene rings is 3. The fraction of sp³-hybridized carbons (Fsp3) is 0.208. The minimum Gasteiger partial charge on any atom is -0.497 e. The number of hydrogen-bond acceptors (Lipinski definition) is 4. The second kappa shape index (κ2) is 9.05. The van der Waals surface area contributed by atoms with Gasteiger partial charge < -0.3 is 14.4 Å². The summed E-state index contributed by atoms with van der Waals surface area (Å²) in [5.41, 5.74) is 2.78. The standard InChI is InChI=1S/C24H23NO3S/c1-27-20-11-7-10-19(16-20)23(26)25-14-15-29-24(25)21-12-5-6-13-22(21)28-17-18-8-3-2-4-9-18/h2-13,16,24H,14-15,17H2,1H3/t24-/m1/s1. The highest BCUT2D eigenvalue weighted by Crippen LogP contribution is 2.42. The monoisotopic (exact) mass is 405 g/mol. The first-order valence-electron chi connectivity index (χ1n) is 9.58. The van der Waals surface area contributed by atoms with E-state index in [0.29, 0.717) is 24.5 Å². The Morgan fingerprint density at radius 2 is 1.83 bits per heavy atom. The van der Waals surface area contributed by atoms with Crippen LogP contribution in [0.2, 0.25) is 0 Å². The molecular weight excluding hydrogens is 382 g/mol. The van der Waals surface area contributed by atoms with E-state index < -0.39 is 0 Å². The van der Waals surface area contributed by atoms with Crippen LogP contribution in [-0.2, 0) is 6.61 Å². The molecule has 0 N–H and O–H groups in total. The molecule has 148 valence electrons. The van der Waals surface area contributed by atoms with Crippen molar-refractivity contribution in [2.75, 3.05) is 19.4 Å². The van der Waals surface area contributed by atoms with Crippen LogP contribution >= 0.6 is 11.8 Å². The van der Waals surface area contributed by atoms with Crippen LogP contribution in [0, 0.1) is 0 Å². The van der Waals surface area contributed by atoms with Crippen molar-refractivity contribution < 1.29 is 14.3 Å². The topological polar surface area (TPSA) is 38.8 Å². The lowest BCUT2D eigenvalue weighted by Gasteiger charge is -2.26. The zero-order valence-corrected chi connectivity index (χ0v) is 17.1. The van der Waals surface area contributed by atoms with Crippen molar-refractivity contribution in [3.63, 3.8) is 0 Å². The lowest BCUT2D eigenvalue weighted by atomic mass is 10.1. The number of thioether (sulfide) groups is 1. The summed E-state index contributed by atoms with van der Waals surface area (Å²) >= 11 is 1.77. The Hall–Kier alpha value is -2.92. The molecule has 5 heteroatoms. The molecule has 3 aromatic carbocycles. The van der Waals surface area contributed by atoms with Crippen LogP contribution in [0.4, 0.5) is 0 Å². The molecule has 1 aliphatic rings. The van der Waals surface area contributed by atoms with Gasteiger partial charge in [-0.15, -0.1) is 11.8 Å². The Labute approximate surface area is 175 Å². The summed E-state index contributed by atoms with van der Waals surface area (Å²) in [5, 5.41) is -0.0688. The number of nitrogens with zero attached hydrogens (tertiary/aromatic N) is 1. The van der Waals surface area contributed by atoms with Gasteiger partial charge in [0.25, 0.3) is 5.91 Å². The van der Waals surface area contributed by atoms with Gasteiger partial charge in [-0.05, 0) is 29.8 Å². The second-order valence-corrected chi connectivity index (χ2v) is 7.95. The van der Waals surface area contributed by atoms with E-state index in [1.807, 2.05) is 71.6 Å². The number of ether oxygens (including phenoxy) is 2. The van der Waals surface area contributed by atoms with Gasteiger partial charge in [0.1, 0.15) is 23.5 Å². The van der Waals surface area contributed by atoms with E-state index >= 15 is 0 Å². The van der Waals surface area contributed by atoms with Crippen molar-refractivity contribution in [2.45, 2.75) is 12.0 Å². The quantitative estimate of drug-likeness (QED) is 0.568. The summed E-state index contributed by atoms with van der Waals surface area (Å²) < 4.78 is 11.4. The second-order valence-electron chi connectivity index (χ2n) is 6.77. The van der Waals surface area contributed by atoms with Gasteiger partial charge >= 0.3 is 0 Å². The van der Waals surface area contributed by atoms with Gasteiger partial charge in [0.15, 0.2) is 0 Å². The van der Waals surface area contributed by atoms with Crippen LogP contribution in [0.15, 0.2) is 78.9 Å². The highest BCUT2D eigenvalue weighted by Gasteiger charge is 2.33. The lowest BCUT2D eigenvalue weighted by Crippen LogP contribution is -2.30. The minimum atomic E-state index is -0.0688. The van der Waals surface area contributed by atoms with Crippen molar-refractivity contribution in [2.24, 2.45) is 0 Å². The number of amides is 1. The predicted octanol–water partition coefficient (Wildman–Crippen LogP) is 5.16. The van der Waals surface area contributed by atoms with E-state index in [1.165, 1.54) is 0 Å². The van der Waals surface area contributed by atoms with Gasteiger partial charge in [-0.1, -0.05) is 54.6 Å². The van der Waals surface area contributed by atoms with E-state index in [0.717, 1.165) is 22.6 Å². The molecule has 4 rings (SSSR count). The first kappa shape index (κ1) is 19.4. The van der Waals surface area contributed by atoms with E-state index in [4.69, 9.17) is 9.47 Å². The normalized spacial score (nSPS) is 15.9. The molecule has 1 saturated heterocycles. The summed E-state index contributed by atoms with van der Waals surface area (Å²) in [7, 11) is 1.61. The molecule has 29 heavy (non-hydrogen) atoms. The highest BCUT2D eigenvalue weighted by atomic mass is 32.2. The van der Waals surface area contributed by atoms with E-state index in [-0.39, 0.29) is 11.3 Å². The Bertz CT molecular complexity index is 977. The number of methoxy groups -OCH3 is 1. The predicted molar refractivity (Wildman–Crippen MR) is 116 cm³/mol. The van der Waals surface area contributed by atoms with Gasteiger partial charge in [0, 0.05) is 23.4 Å².